The third-order valence-corrected chi connectivity index (χ3v) is 5.54. The molecule has 1 aromatic carbocycles. The second kappa shape index (κ2) is 6.81. The third-order valence-electron chi connectivity index (χ3n) is 4.40. The predicted octanol–water partition coefficient (Wildman–Crippen LogP) is 1.37. The van der Waals surface area contributed by atoms with Gasteiger partial charge in [-0.05, 0) is 17.7 Å². The van der Waals surface area contributed by atoms with Gasteiger partial charge in [-0.2, -0.15) is 11.8 Å². The van der Waals surface area contributed by atoms with Crippen LogP contribution in [0.15, 0.2) is 30.3 Å². The highest BCUT2D eigenvalue weighted by Gasteiger charge is 2.30. The summed E-state index contributed by atoms with van der Waals surface area (Å²) in [5, 5.41) is 10.2. The van der Waals surface area contributed by atoms with E-state index in [9.17, 15) is 9.90 Å². The van der Waals surface area contributed by atoms with Gasteiger partial charge in [0.1, 0.15) is 0 Å². The summed E-state index contributed by atoms with van der Waals surface area (Å²) in [4.78, 5) is 16.7. The molecule has 2 fully saturated rings. The number of nitrogens with zero attached hydrogens (tertiary/aromatic N) is 2. The molecule has 0 bridgehead atoms. The number of benzene rings is 1. The van der Waals surface area contributed by atoms with E-state index in [-0.39, 0.29) is 5.91 Å². The number of piperazine rings is 1. The summed E-state index contributed by atoms with van der Waals surface area (Å²) in [6.45, 7) is 3.31. The zero-order valence-electron chi connectivity index (χ0n) is 12.1. The second-order valence-electron chi connectivity index (χ2n) is 5.69. The van der Waals surface area contributed by atoms with Crippen LogP contribution in [0.5, 0.6) is 0 Å². The van der Waals surface area contributed by atoms with Gasteiger partial charge in [0.2, 0.25) is 0 Å². The SMILES string of the molecule is O=C([C@H](O)c1ccccc1)N1CCN([C@@H]2CCSC2)CC1. The number of carbonyl (C=O) groups is 1. The Morgan fingerprint density at radius 1 is 1.19 bits per heavy atom. The smallest absolute Gasteiger partial charge is 0.256 e. The van der Waals surface area contributed by atoms with Crippen molar-refractivity contribution in [2.75, 3.05) is 37.7 Å². The minimum absolute atomic E-state index is 0.165. The van der Waals surface area contributed by atoms with Crippen molar-refractivity contribution in [2.24, 2.45) is 0 Å². The highest BCUT2D eigenvalue weighted by Crippen LogP contribution is 2.24. The number of rotatable bonds is 3. The fourth-order valence-corrected chi connectivity index (χ4v) is 4.32. The molecule has 5 heteroatoms. The fourth-order valence-electron chi connectivity index (χ4n) is 3.07. The highest BCUT2D eigenvalue weighted by molar-refractivity contribution is 7.99. The molecule has 2 heterocycles. The van der Waals surface area contributed by atoms with Crippen molar-refractivity contribution in [3.05, 3.63) is 35.9 Å². The molecule has 0 radical (unpaired) electrons. The van der Waals surface area contributed by atoms with Crippen LogP contribution in [0.2, 0.25) is 0 Å². The molecule has 0 spiro atoms. The van der Waals surface area contributed by atoms with Gasteiger partial charge in [-0.15, -0.1) is 0 Å². The molecule has 1 N–H and O–H groups in total. The molecular weight excluding hydrogens is 284 g/mol. The molecule has 3 rings (SSSR count). The van der Waals surface area contributed by atoms with Crippen LogP contribution in [0.1, 0.15) is 18.1 Å². The van der Waals surface area contributed by atoms with Gasteiger partial charge in [-0.1, -0.05) is 30.3 Å². The Morgan fingerprint density at radius 2 is 1.90 bits per heavy atom. The molecule has 2 saturated heterocycles. The van der Waals surface area contributed by atoms with Gasteiger partial charge in [-0.25, -0.2) is 0 Å². The maximum Gasteiger partial charge on any atom is 0.256 e. The van der Waals surface area contributed by atoms with E-state index in [0.717, 1.165) is 26.2 Å². The molecule has 0 aromatic heterocycles. The van der Waals surface area contributed by atoms with Crippen molar-refractivity contribution in [3.63, 3.8) is 0 Å². The van der Waals surface area contributed by atoms with Gasteiger partial charge in [-0.3, -0.25) is 9.69 Å². The Hall–Kier alpha value is -1.04. The lowest BCUT2D eigenvalue weighted by atomic mass is 10.1. The Kier molecular flexibility index (Phi) is 4.83. The topological polar surface area (TPSA) is 43.8 Å². The molecule has 4 nitrogen and oxygen atoms in total. The molecule has 0 unspecified atom stereocenters. The maximum absolute atomic E-state index is 12.4. The summed E-state index contributed by atoms with van der Waals surface area (Å²) >= 11 is 2.02. The molecule has 1 aromatic rings. The largest absolute Gasteiger partial charge is 0.378 e. The number of aliphatic hydroxyl groups is 1. The van der Waals surface area contributed by atoms with Crippen LogP contribution in [-0.2, 0) is 4.79 Å². The Balaban J connectivity index is 1.55. The Bertz CT molecular complexity index is 468. The average molecular weight is 306 g/mol. The van der Waals surface area contributed by atoms with Crippen LogP contribution >= 0.6 is 11.8 Å². The number of amides is 1. The monoisotopic (exact) mass is 306 g/mol. The lowest BCUT2D eigenvalue weighted by Gasteiger charge is -2.38. The minimum Gasteiger partial charge on any atom is -0.378 e. The zero-order chi connectivity index (χ0) is 14.7. The first-order chi connectivity index (χ1) is 10.3. The van der Waals surface area contributed by atoms with Crippen LogP contribution in [0, 0.1) is 0 Å². The summed E-state index contributed by atoms with van der Waals surface area (Å²) < 4.78 is 0. The van der Waals surface area contributed by atoms with E-state index >= 15 is 0 Å². The summed E-state index contributed by atoms with van der Waals surface area (Å²) in [6.07, 6.45) is 0.241. The fraction of sp³-hybridized carbons (Fsp3) is 0.562. The molecule has 1 amide bonds. The average Bonchev–Trinajstić information content (AvgIpc) is 3.09. The normalized spacial score (nSPS) is 25.0. The van der Waals surface area contributed by atoms with Gasteiger partial charge in [0.25, 0.3) is 5.91 Å². The van der Waals surface area contributed by atoms with E-state index in [1.54, 1.807) is 17.0 Å². The number of thioether (sulfide) groups is 1. The van der Waals surface area contributed by atoms with Crippen molar-refractivity contribution in [1.82, 2.24) is 9.80 Å². The molecule has 0 aliphatic carbocycles. The number of hydrogen-bond donors (Lipinski definition) is 1. The van der Waals surface area contributed by atoms with E-state index < -0.39 is 6.10 Å². The van der Waals surface area contributed by atoms with Crippen molar-refractivity contribution in [3.8, 4) is 0 Å². The summed E-state index contributed by atoms with van der Waals surface area (Å²) in [6, 6.07) is 9.87. The first-order valence-electron chi connectivity index (χ1n) is 7.59. The summed E-state index contributed by atoms with van der Waals surface area (Å²) in [5.41, 5.74) is 0.678. The number of carbonyl (C=O) groups excluding carboxylic acids is 1. The van der Waals surface area contributed by atoms with E-state index in [0.29, 0.717) is 11.6 Å². The first-order valence-corrected chi connectivity index (χ1v) is 8.75. The van der Waals surface area contributed by atoms with Crippen LogP contribution in [0.25, 0.3) is 0 Å². The van der Waals surface area contributed by atoms with E-state index in [1.807, 2.05) is 30.0 Å². The number of hydrogen-bond acceptors (Lipinski definition) is 4. The Morgan fingerprint density at radius 3 is 2.52 bits per heavy atom. The van der Waals surface area contributed by atoms with Crippen molar-refractivity contribution < 1.29 is 9.90 Å². The standard InChI is InChI=1S/C16H22N2O2S/c19-15(13-4-2-1-3-5-13)16(20)18-9-7-17(8-10-18)14-6-11-21-12-14/h1-5,14-15,19H,6-12H2/t14-,15-/m1/s1. The summed E-state index contributed by atoms with van der Waals surface area (Å²) in [7, 11) is 0. The van der Waals surface area contributed by atoms with Gasteiger partial charge in [0.15, 0.2) is 6.10 Å². The van der Waals surface area contributed by atoms with Crippen LogP contribution < -0.4 is 0 Å². The quantitative estimate of drug-likeness (QED) is 0.916. The van der Waals surface area contributed by atoms with Crippen molar-refractivity contribution >= 4 is 17.7 Å². The van der Waals surface area contributed by atoms with Gasteiger partial charge in [0, 0.05) is 38.0 Å². The minimum atomic E-state index is -1.03. The first kappa shape index (κ1) is 14.9. The molecule has 114 valence electrons. The zero-order valence-corrected chi connectivity index (χ0v) is 13.0. The second-order valence-corrected chi connectivity index (χ2v) is 6.84. The highest BCUT2D eigenvalue weighted by atomic mass is 32.2. The van der Waals surface area contributed by atoms with Crippen LogP contribution in [-0.4, -0.2) is 64.5 Å². The third kappa shape index (κ3) is 3.42. The van der Waals surface area contributed by atoms with Gasteiger partial charge < -0.3 is 10.0 Å². The lowest BCUT2D eigenvalue weighted by molar-refractivity contribution is -0.142. The van der Waals surface area contributed by atoms with E-state index in [2.05, 4.69) is 4.90 Å². The van der Waals surface area contributed by atoms with Gasteiger partial charge >= 0.3 is 0 Å². The predicted molar refractivity (Wildman–Crippen MR) is 85.3 cm³/mol. The molecule has 2 aliphatic heterocycles. The summed E-state index contributed by atoms with van der Waals surface area (Å²) in [5.74, 6) is 2.32. The lowest BCUT2D eigenvalue weighted by Crippen LogP contribution is -2.53. The van der Waals surface area contributed by atoms with Gasteiger partial charge in [0.05, 0.1) is 0 Å². The molecule has 0 saturated carbocycles. The van der Waals surface area contributed by atoms with Crippen LogP contribution in [0.3, 0.4) is 0 Å². The maximum atomic E-state index is 12.4. The molecular formula is C16H22N2O2S. The molecule has 21 heavy (non-hydrogen) atoms. The van der Waals surface area contributed by atoms with Crippen molar-refractivity contribution in [2.45, 2.75) is 18.6 Å². The molecule has 2 atom stereocenters. The van der Waals surface area contributed by atoms with E-state index in [4.69, 9.17) is 0 Å². The van der Waals surface area contributed by atoms with Crippen LogP contribution in [0.4, 0.5) is 0 Å². The number of aliphatic hydroxyl groups excluding tert-OH is 1. The van der Waals surface area contributed by atoms with E-state index in [1.165, 1.54) is 17.9 Å². The Labute approximate surface area is 130 Å². The van der Waals surface area contributed by atoms with Crippen molar-refractivity contribution in [1.29, 1.82) is 0 Å². The molecule has 2 aliphatic rings.